The molecular formula is C21H21N3O3S. The van der Waals surface area contributed by atoms with Gasteiger partial charge in [0.2, 0.25) is 15.9 Å². The summed E-state index contributed by atoms with van der Waals surface area (Å²) in [6, 6.07) is 17.6. The zero-order chi connectivity index (χ0) is 20.1. The third kappa shape index (κ3) is 4.30. The van der Waals surface area contributed by atoms with E-state index >= 15 is 0 Å². The normalized spacial score (nSPS) is 14.5. The molecule has 0 spiro atoms. The SMILES string of the molecule is CN(CC(=O)N1CC=C(c2ccccc2)CC1)S(=O)(=O)c1ccc(C#N)cc1. The minimum Gasteiger partial charge on any atom is -0.337 e. The summed E-state index contributed by atoms with van der Waals surface area (Å²) in [7, 11) is -2.40. The third-order valence-corrected chi connectivity index (χ3v) is 6.57. The van der Waals surface area contributed by atoms with Gasteiger partial charge in [-0.1, -0.05) is 36.4 Å². The van der Waals surface area contributed by atoms with Crippen molar-refractivity contribution in [3.63, 3.8) is 0 Å². The average molecular weight is 395 g/mol. The number of amides is 1. The van der Waals surface area contributed by atoms with Gasteiger partial charge in [-0.2, -0.15) is 9.57 Å². The van der Waals surface area contributed by atoms with E-state index in [2.05, 4.69) is 0 Å². The zero-order valence-corrected chi connectivity index (χ0v) is 16.4. The number of carbonyl (C=O) groups is 1. The number of benzene rings is 2. The Kier molecular flexibility index (Phi) is 5.93. The lowest BCUT2D eigenvalue weighted by Gasteiger charge is -2.28. The van der Waals surface area contributed by atoms with Crippen LogP contribution < -0.4 is 0 Å². The van der Waals surface area contributed by atoms with Crippen molar-refractivity contribution in [2.24, 2.45) is 0 Å². The fourth-order valence-corrected chi connectivity index (χ4v) is 4.19. The first-order valence-electron chi connectivity index (χ1n) is 8.90. The Labute approximate surface area is 165 Å². The van der Waals surface area contributed by atoms with Crippen molar-refractivity contribution in [1.29, 1.82) is 5.26 Å². The van der Waals surface area contributed by atoms with Crippen LogP contribution in [0.1, 0.15) is 17.5 Å². The summed E-state index contributed by atoms with van der Waals surface area (Å²) >= 11 is 0. The highest BCUT2D eigenvalue weighted by Gasteiger charge is 2.26. The highest BCUT2D eigenvalue weighted by molar-refractivity contribution is 7.89. The van der Waals surface area contributed by atoms with Crippen LogP contribution in [-0.4, -0.2) is 50.2 Å². The maximum atomic E-state index is 12.6. The number of nitrogens with zero attached hydrogens (tertiary/aromatic N) is 3. The van der Waals surface area contributed by atoms with Gasteiger partial charge in [0.05, 0.1) is 23.1 Å². The van der Waals surface area contributed by atoms with E-state index in [0.717, 1.165) is 16.3 Å². The zero-order valence-electron chi connectivity index (χ0n) is 15.6. The van der Waals surface area contributed by atoms with Crippen molar-refractivity contribution in [3.05, 3.63) is 71.8 Å². The Bertz CT molecular complexity index is 1020. The van der Waals surface area contributed by atoms with Crippen molar-refractivity contribution < 1.29 is 13.2 Å². The molecule has 0 aromatic heterocycles. The van der Waals surface area contributed by atoms with E-state index < -0.39 is 10.0 Å². The van der Waals surface area contributed by atoms with Gasteiger partial charge >= 0.3 is 0 Å². The Hall–Kier alpha value is -2.95. The fourth-order valence-electron chi connectivity index (χ4n) is 3.07. The van der Waals surface area contributed by atoms with Crippen LogP contribution in [0.5, 0.6) is 0 Å². The van der Waals surface area contributed by atoms with Crippen molar-refractivity contribution in [2.45, 2.75) is 11.3 Å². The summed E-state index contributed by atoms with van der Waals surface area (Å²) in [6.45, 7) is 0.801. The average Bonchev–Trinajstić information content (AvgIpc) is 2.74. The molecule has 0 unspecified atom stereocenters. The molecule has 7 heteroatoms. The number of carbonyl (C=O) groups excluding carboxylic acids is 1. The van der Waals surface area contributed by atoms with Gasteiger partial charge in [0.1, 0.15) is 0 Å². The van der Waals surface area contributed by atoms with E-state index in [1.165, 1.54) is 36.9 Å². The third-order valence-electron chi connectivity index (χ3n) is 4.76. The molecule has 0 saturated carbocycles. The summed E-state index contributed by atoms with van der Waals surface area (Å²) in [4.78, 5) is 14.3. The first-order chi connectivity index (χ1) is 13.4. The van der Waals surface area contributed by atoms with Gasteiger partial charge in [0, 0.05) is 20.1 Å². The lowest BCUT2D eigenvalue weighted by molar-refractivity contribution is -0.130. The van der Waals surface area contributed by atoms with Gasteiger partial charge in [0.15, 0.2) is 0 Å². The van der Waals surface area contributed by atoms with Crippen LogP contribution in [0.25, 0.3) is 5.57 Å². The first kappa shape index (κ1) is 19.8. The molecule has 2 aromatic carbocycles. The van der Waals surface area contributed by atoms with Gasteiger partial charge in [0.25, 0.3) is 0 Å². The van der Waals surface area contributed by atoms with Gasteiger partial charge in [-0.3, -0.25) is 4.79 Å². The predicted molar refractivity (Wildman–Crippen MR) is 107 cm³/mol. The largest absolute Gasteiger partial charge is 0.337 e. The smallest absolute Gasteiger partial charge is 0.243 e. The molecule has 3 rings (SSSR count). The molecular weight excluding hydrogens is 374 g/mol. The van der Waals surface area contributed by atoms with E-state index in [-0.39, 0.29) is 17.3 Å². The molecule has 0 bridgehead atoms. The summed E-state index contributed by atoms with van der Waals surface area (Å²) < 4.78 is 26.3. The second kappa shape index (κ2) is 8.38. The Balaban J connectivity index is 1.64. The molecule has 1 aliphatic heterocycles. The summed E-state index contributed by atoms with van der Waals surface area (Å²) in [5.74, 6) is -0.233. The Morgan fingerprint density at radius 2 is 1.82 bits per heavy atom. The summed E-state index contributed by atoms with van der Waals surface area (Å²) in [5, 5.41) is 8.83. The molecule has 2 aromatic rings. The summed E-state index contributed by atoms with van der Waals surface area (Å²) in [6.07, 6.45) is 2.76. The highest BCUT2D eigenvalue weighted by atomic mass is 32.2. The fraction of sp³-hybridized carbons (Fsp3) is 0.238. The van der Waals surface area contributed by atoms with Gasteiger partial charge in [-0.25, -0.2) is 8.42 Å². The van der Waals surface area contributed by atoms with E-state index in [9.17, 15) is 13.2 Å². The topological polar surface area (TPSA) is 81.5 Å². The maximum absolute atomic E-state index is 12.6. The minimum absolute atomic E-state index is 0.0618. The van der Waals surface area contributed by atoms with Gasteiger partial charge in [-0.05, 0) is 41.8 Å². The molecule has 6 nitrogen and oxygen atoms in total. The number of rotatable bonds is 5. The molecule has 0 saturated heterocycles. The maximum Gasteiger partial charge on any atom is 0.243 e. The van der Waals surface area contributed by atoms with Crippen molar-refractivity contribution in [1.82, 2.24) is 9.21 Å². The second-order valence-electron chi connectivity index (χ2n) is 6.58. The minimum atomic E-state index is -3.79. The van der Waals surface area contributed by atoms with Crippen molar-refractivity contribution in [3.8, 4) is 6.07 Å². The second-order valence-corrected chi connectivity index (χ2v) is 8.63. The number of sulfonamides is 1. The number of hydrogen-bond donors (Lipinski definition) is 0. The molecule has 28 heavy (non-hydrogen) atoms. The van der Waals surface area contributed by atoms with Crippen LogP contribution >= 0.6 is 0 Å². The van der Waals surface area contributed by atoms with Gasteiger partial charge in [-0.15, -0.1) is 0 Å². The van der Waals surface area contributed by atoms with Crippen LogP contribution in [-0.2, 0) is 14.8 Å². The molecule has 1 aliphatic rings. The van der Waals surface area contributed by atoms with Crippen LogP contribution in [0.3, 0.4) is 0 Å². The van der Waals surface area contributed by atoms with Crippen molar-refractivity contribution in [2.75, 3.05) is 26.7 Å². The molecule has 1 heterocycles. The lowest BCUT2D eigenvalue weighted by Crippen LogP contribution is -2.42. The Morgan fingerprint density at radius 1 is 1.14 bits per heavy atom. The molecule has 0 aliphatic carbocycles. The number of hydrogen-bond acceptors (Lipinski definition) is 4. The van der Waals surface area contributed by atoms with Crippen LogP contribution in [0.4, 0.5) is 0 Å². The van der Waals surface area contributed by atoms with Crippen LogP contribution in [0.2, 0.25) is 0 Å². The molecule has 0 fully saturated rings. The van der Waals surface area contributed by atoms with Gasteiger partial charge < -0.3 is 4.90 Å². The van der Waals surface area contributed by atoms with Crippen LogP contribution in [0, 0.1) is 11.3 Å². The van der Waals surface area contributed by atoms with E-state index in [0.29, 0.717) is 18.7 Å². The molecule has 144 valence electrons. The quantitative estimate of drug-likeness (QED) is 0.779. The number of likely N-dealkylation sites (N-methyl/N-ethyl adjacent to an activating group) is 1. The molecule has 0 atom stereocenters. The molecule has 0 N–H and O–H groups in total. The van der Waals surface area contributed by atoms with E-state index in [4.69, 9.17) is 5.26 Å². The van der Waals surface area contributed by atoms with E-state index in [1.54, 1.807) is 4.90 Å². The predicted octanol–water partition coefficient (Wildman–Crippen LogP) is 2.49. The molecule has 1 amide bonds. The highest BCUT2D eigenvalue weighted by Crippen LogP contribution is 2.22. The lowest BCUT2D eigenvalue weighted by atomic mass is 9.99. The monoisotopic (exact) mass is 395 g/mol. The standard InChI is InChI=1S/C21H21N3O3S/c1-23(28(26,27)20-9-7-17(15-22)8-10-20)16-21(25)24-13-11-19(12-14-24)18-5-3-2-4-6-18/h2-11H,12-14,16H2,1H3. The van der Waals surface area contributed by atoms with Crippen molar-refractivity contribution >= 4 is 21.5 Å². The van der Waals surface area contributed by atoms with E-state index in [1.807, 2.05) is 42.5 Å². The first-order valence-corrected chi connectivity index (χ1v) is 10.3. The number of nitriles is 1. The molecule has 0 radical (unpaired) electrons. The summed E-state index contributed by atoms with van der Waals surface area (Å²) in [5.41, 5.74) is 2.73. The van der Waals surface area contributed by atoms with Crippen LogP contribution in [0.15, 0.2) is 65.6 Å². The Morgan fingerprint density at radius 3 is 2.39 bits per heavy atom.